The van der Waals surface area contributed by atoms with E-state index < -0.39 is 0 Å². The van der Waals surface area contributed by atoms with Crippen molar-refractivity contribution in [2.24, 2.45) is 7.05 Å². The Bertz CT molecular complexity index is 924. The highest BCUT2D eigenvalue weighted by molar-refractivity contribution is 5.79. The Hall–Kier alpha value is -2.89. The van der Waals surface area contributed by atoms with Crippen LogP contribution in [0.5, 0.6) is 0 Å². The van der Waals surface area contributed by atoms with E-state index in [9.17, 15) is 0 Å². The predicted octanol–water partition coefficient (Wildman–Crippen LogP) is 2.77. The van der Waals surface area contributed by atoms with E-state index in [1.807, 2.05) is 37.0 Å². The van der Waals surface area contributed by atoms with Crippen LogP contribution in [0.3, 0.4) is 0 Å². The zero-order chi connectivity index (χ0) is 15.3. The molecule has 0 atom stereocenters. The van der Waals surface area contributed by atoms with Gasteiger partial charge in [0.2, 0.25) is 0 Å². The second-order valence-corrected chi connectivity index (χ2v) is 5.44. The van der Waals surface area contributed by atoms with Crippen LogP contribution in [0, 0.1) is 13.8 Å². The summed E-state index contributed by atoms with van der Waals surface area (Å²) in [6.45, 7) is 4.07. The molecule has 4 rings (SSSR count). The molecule has 0 saturated heterocycles. The second-order valence-electron chi connectivity index (χ2n) is 5.44. The van der Waals surface area contributed by atoms with Crippen molar-refractivity contribution in [3.8, 4) is 17.1 Å². The first-order valence-electron chi connectivity index (χ1n) is 7.14. The third kappa shape index (κ3) is 1.84. The molecule has 3 aromatic heterocycles. The molecular formula is C16H16N6. The standard InChI is InChI=1S/C16H16N6/c1-10-9-12(22-8-4-7-17-22)5-6-13(10)15-18-14-11(2)20-21(3)16(14)19-15/h4-9H,1-3H3,(H,18,19). The smallest absolute Gasteiger partial charge is 0.176 e. The van der Waals surface area contributed by atoms with Crippen molar-refractivity contribution in [3.63, 3.8) is 0 Å². The molecule has 0 radical (unpaired) electrons. The van der Waals surface area contributed by atoms with Gasteiger partial charge in [-0.05, 0) is 43.7 Å². The van der Waals surface area contributed by atoms with Crippen LogP contribution in [0.25, 0.3) is 28.2 Å². The van der Waals surface area contributed by atoms with Crippen LogP contribution in [0.2, 0.25) is 0 Å². The lowest BCUT2D eigenvalue weighted by atomic mass is 10.1. The first-order chi connectivity index (χ1) is 10.6. The minimum absolute atomic E-state index is 0.871. The van der Waals surface area contributed by atoms with Gasteiger partial charge in [0, 0.05) is 25.0 Å². The molecule has 0 aliphatic carbocycles. The van der Waals surface area contributed by atoms with E-state index in [4.69, 9.17) is 0 Å². The number of aryl methyl sites for hydroxylation is 3. The number of H-pyrrole nitrogens is 1. The summed E-state index contributed by atoms with van der Waals surface area (Å²) in [6, 6.07) is 8.15. The van der Waals surface area contributed by atoms with Crippen molar-refractivity contribution in [1.82, 2.24) is 29.5 Å². The van der Waals surface area contributed by atoms with Crippen molar-refractivity contribution in [3.05, 3.63) is 47.9 Å². The highest BCUT2D eigenvalue weighted by Crippen LogP contribution is 2.26. The van der Waals surface area contributed by atoms with Crippen LogP contribution in [0.15, 0.2) is 36.7 Å². The van der Waals surface area contributed by atoms with Gasteiger partial charge >= 0.3 is 0 Å². The van der Waals surface area contributed by atoms with Gasteiger partial charge in [0.15, 0.2) is 5.65 Å². The van der Waals surface area contributed by atoms with Gasteiger partial charge in [-0.25, -0.2) is 14.3 Å². The number of benzene rings is 1. The number of hydrogen-bond donors (Lipinski definition) is 1. The van der Waals surface area contributed by atoms with Crippen molar-refractivity contribution in [2.75, 3.05) is 0 Å². The Morgan fingerprint density at radius 3 is 2.73 bits per heavy atom. The van der Waals surface area contributed by atoms with Crippen LogP contribution >= 0.6 is 0 Å². The molecule has 0 unspecified atom stereocenters. The monoisotopic (exact) mass is 292 g/mol. The van der Waals surface area contributed by atoms with Crippen molar-refractivity contribution < 1.29 is 0 Å². The van der Waals surface area contributed by atoms with E-state index in [0.717, 1.165) is 39.5 Å². The van der Waals surface area contributed by atoms with Gasteiger partial charge in [-0.3, -0.25) is 0 Å². The molecule has 0 bridgehead atoms. The summed E-state index contributed by atoms with van der Waals surface area (Å²) < 4.78 is 3.65. The summed E-state index contributed by atoms with van der Waals surface area (Å²) in [5.74, 6) is 0.871. The lowest BCUT2D eigenvalue weighted by Gasteiger charge is -2.07. The van der Waals surface area contributed by atoms with E-state index in [2.05, 4.69) is 39.2 Å². The second kappa shape index (κ2) is 4.56. The van der Waals surface area contributed by atoms with Crippen LogP contribution in [-0.2, 0) is 7.05 Å². The van der Waals surface area contributed by atoms with Gasteiger partial charge in [0.1, 0.15) is 11.3 Å². The van der Waals surface area contributed by atoms with Crippen LogP contribution in [0.4, 0.5) is 0 Å². The van der Waals surface area contributed by atoms with Gasteiger partial charge in [0.05, 0.1) is 11.4 Å². The summed E-state index contributed by atoms with van der Waals surface area (Å²) in [6.07, 6.45) is 3.71. The highest BCUT2D eigenvalue weighted by atomic mass is 15.3. The molecule has 6 heteroatoms. The van der Waals surface area contributed by atoms with Gasteiger partial charge in [-0.1, -0.05) is 0 Å². The van der Waals surface area contributed by atoms with Crippen molar-refractivity contribution in [1.29, 1.82) is 0 Å². The fourth-order valence-electron chi connectivity index (χ4n) is 2.78. The molecule has 0 saturated carbocycles. The normalized spacial score (nSPS) is 11.4. The molecular weight excluding hydrogens is 276 g/mol. The lowest BCUT2D eigenvalue weighted by molar-refractivity contribution is 0.773. The summed E-state index contributed by atoms with van der Waals surface area (Å²) in [4.78, 5) is 8.06. The summed E-state index contributed by atoms with van der Waals surface area (Å²) in [5.41, 5.74) is 6.11. The molecule has 22 heavy (non-hydrogen) atoms. The number of rotatable bonds is 2. The Morgan fingerprint density at radius 1 is 1.18 bits per heavy atom. The van der Waals surface area contributed by atoms with E-state index in [1.165, 1.54) is 0 Å². The predicted molar refractivity (Wildman–Crippen MR) is 84.9 cm³/mol. The Kier molecular flexibility index (Phi) is 2.66. The molecule has 1 aromatic carbocycles. The van der Waals surface area contributed by atoms with E-state index >= 15 is 0 Å². The maximum atomic E-state index is 4.68. The number of nitrogens with one attached hydrogen (secondary N) is 1. The van der Waals surface area contributed by atoms with E-state index in [1.54, 1.807) is 10.9 Å². The average molecular weight is 292 g/mol. The quantitative estimate of drug-likeness (QED) is 0.618. The summed E-state index contributed by atoms with van der Waals surface area (Å²) in [5, 5.41) is 8.63. The van der Waals surface area contributed by atoms with Crippen molar-refractivity contribution in [2.45, 2.75) is 13.8 Å². The van der Waals surface area contributed by atoms with Crippen LogP contribution in [-0.4, -0.2) is 29.5 Å². The molecule has 3 heterocycles. The molecule has 1 N–H and O–H groups in total. The largest absolute Gasteiger partial charge is 0.335 e. The average Bonchev–Trinajstić information content (AvgIpc) is 3.20. The number of aromatic amines is 1. The molecule has 110 valence electrons. The third-order valence-corrected chi connectivity index (χ3v) is 3.89. The SMILES string of the molecule is Cc1cc(-n2cccn2)ccc1-c1nc2c([nH]1)c(C)nn2C. The number of fused-ring (bicyclic) bond motifs is 1. The first-order valence-corrected chi connectivity index (χ1v) is 7.14. The van der Waals surface area contributed by atoms with Gasteiger partial charge in [0.25, 0.3) is 0 Å². The molecule has 0 spiro atoms. The molecule has 0 aliphatic heterocycles. The third-order valence-electron chi connectivity index (χ3n) is 3.89. The Labute approximate surface area is 127 Å². The topological polar surface area (TPSA) is 64.3 Å². The molecule has 0 fully saturated rings. The fourth-order valence-corrected chi connectivity index (χ4v) is 2.78. The van der Waals surface area contributed by atoms with Gasteiger partial charge in [-0.15, -0.1) is 0 Å². The molecule has 6 nitrogen and oxygen atoms in total. The maximum absolute atomic E-state index is 4.68. The van der Waals surface area contributed by atoms with Gasteiger partial charge in [-0.2, -0.15) is 10.2 Å². The minimum Gasteiger partial charge on any atom is -0.335 e. The maximum Gasteiger partial charge on any atom is 0.176 e. The molecule has 0 aliphatic rings. The Morgan fingerprint density at radius 2 is 2.05 bits per heavy atom. The number of imidazole rings is 1. The van der Waals surface area contributed by atoms with Crippen LogP contribution in [0.1, 0.15) is 11.3 Å². The lowest BCUT2D eigenvalue weighted by Crippen LogP contribution is -1.96. The van der Waals surface area contributed by atoms with E-state index in [-0.39, 0.29) is 0 Å². The Balaban J connectivity index is 1.82. The van der Waals surface area contributed by atoms with E-state index in [0.29, 0.717) is 0 Å². The summed E-state index contributed by atoms with van der Waals surface area (Å²) in [7, 11) is 1.91. The van der Waals surface area contributed by atoms with Crippen molar-refractivity contribution >= 4 is 11.2 Å². The molecule has 4 aromatic rings. The van der Waals surface area contributed by atoms with Gasteiger partial charge < -0.3 is 4.98 Å². The zero-order valence-electron chi connectivity index (χ0n) is 12.7. The summed E-state index contributed by atoms with van der Waals surface area (Å²) >= 11 is 0. The number of aromatic nitrogens is 6. The first kappa shape index (κ1) is 12.8. The number of nitrogens with zero attached hydrogens (tertiary/aromatic N) is 5. The number of hydrogen-bond acceptors (Lipinski definition) is 3. The minimum atomic E-state index is 0.871. The zero-order valence-corrected chi connectivity index (χ0v) is 12.7. The fraction of sp³-hybridized carbons (Fsp3) is 0.188. The molecule has 0 amide bonds. The van der Waals surface area contributed by atoms with Crippen LogP contribution < -0.4 is 0 Å². The highest BCUT2D eigenvalue weighted by Gasteiger charge is 2.13.